The van der Waals surface area contributed by atoms with Crippen LogP contribution in [0.4, 0.5) is 0 Å². The fraction of sp³-hybridized carbons (Fsp3) is 1.00. The Kier molecular flexibility index (Phi) is 4.70. The van der Waals surface area contributed by atoms with E-state index in [1.807, 2.05) is 13.8 Å². The summed E-state index contributed by atoms with van der Waals surface area (Å²) in [7, 11) is 1.69. The summed E-state index contributed by atoms with van der Waals surface area (Å²) in [5.74, 6) is 0. The van der Waals surface area contributed by atoms with E-state index in [2.05, 4.69) is 0 Å². The van der Waals surface area contributed by atoms with Crippen LogP contribution in [-0.4, -0.2) is 38.6 Å². The minimum absolute atomic E-state index is 0.170. The Morgan fingerprint density at radius 3 is 2.38 bits per heavy atom. The van der Waals surface area contributed by atoms with Crippen molar-refractivity contribution in [2.45, 2.75) is 45.0 Å². The third-order valence-electron chi connectivity index (χ3n) is 2.11. The molecule has 13 heavy (non-hydrogen) atoms. The van der Waals surface area contributed by atoms with Crippen LogP contribution in [0.1, 0.15) is 26.7 Å². The normalized spacial score (nSPS) is 21.5. The predicted octanol–water partition coefficient (Wildman–Crippen LogP) is 1.61. The zero-order chi connectivity index (χ0) is 9.68. The molecule has 0 radical (unpaired) electrons. The van der Waals surface area contributed by atoms with E-state index in [-0.39, 0.29) is 12.2 Å². The van der Waals surface area contributed by atoms with Crippen molar-refractivity contribution in [2.24, 2.45) is 0 Å². The van der Waals surface area contributed by atoms with Crippen LogP contribution < -0.4 is 0 Å². The fourth-order valence-electron chi connectivity index (χ4n) is 0.922. The zero-order valence-corrected chi connectivity index (χ0v) is 8.79. The molecule has 1 fully saturated rings. The smallest absolute Gasteiger partial charge is 0.0781 e. The van der Waals surface area contributed by atoms with Gasteiger partial charge in [-0.1, -0.05) is 0 Å². The van der Waals surface area contributed by atoms with Crippen molar-refractivity contribution in [3.05, 3.63) is 0 Å². The van der Waals surface area contributed by atoms with Gasteiger partial charge in [-0.25, -0.2) is 0 Å². The average molecular weight is 188 g/mol. The largest absolute Gasteiger partial charge is 0.379 e. The molecule has 1 rings (SSSR count). The number of hydrogen-bond donors (Lipinski definition) is 0. The lowest BCUT2D eigenvalue weighted by Crippen LogP contribution is -2.22. The average Bonchev–Trinajstić information content (AvgIpc) is 2.94. The molecule has 0 heterocycles. The van der Waals surface area contributed by atoms with E-state index in [0.717, 1.165) is 0 Å². The van der Waals surface area contributed by atoms with Crippen molar-refractivity contribution in [2.75, 3.05) is 20.3 Å². The van der Waals surface area contributed by atoms with Crippen LogP contribution in [0.2, 0.25) is 0 Å². The number of methoxy groups -OCH3 is 1. The minimum Gasteiger partial charge on any atom is -0.379 e. The highest BCUT2D eigenvalue weighted by atomic mass is 16.6. The van der Waals surface area contributed by atoms with E-state index in [0.29, 0.717) is 19.3 Å². The van der Waals surface area contributed by atoms with E-state index in [4.69, 9.17) is 14.2 Å². The Morgan fingerprint density at radius 2 is 1.85 bits per heavy atom. The Bertz CT molecular complexity index is 134. The van der Waals surface area contributed by atoms with Gasteiger partial charge in [-0.3, -0.25) is 0 Å². The van der Waals surface area contributed by atoms with Crippen LogP contribution in [0.15, 0.2) is 0 Å². The minimum atomic E-state index is 0.170. The highest BCUT2D eigenvalue weighted by Gasteiger charge is 2.22. The molecule has 3 nitrogen and oxygen atoms in total. The van der Waals surface area contributed by atoms with Gasteiger partial charge in [0.05, 0.1) is 31.5 Å². The van der Waals surface area contributed by atoms with Crippen molar-refractivity contribution >= 4 is 0 Å². The second-order valence-electron chi connectivity index (χ2n) is 3.72. The van der Waals surface area contributed by atoms with Crippen molar-refractivity contribution in [3.63, 3.8) is 0 Å². The molecule has 0 aromatic rings. The molecule has 0 aliphatic heterocycles. The summed E-state index contributed by atoms with van der Waals surface area (Å²) in [6.07, 6.45) is 3.31. The fourth-order valence-corrected chi connectivity index (χ4v) is 0.922. The molecule has 0 amide bonds. The van der Waals surface area contributed by atoms with Crippen LogP contribution in [0, 0.1) is 0 Å². The van der Waals surface area contributed by atoms with Crippen molar-refractivity contribution in [1.29, 1.82) is 0 Å². The maximum atomic E-state index is 5.52. The Labute approximate surface area is 80.4 Å². The van der Waals surface area contributed by atoms with Crippen LogP contribution >= 0.6 is 0 Å². The second kappa shape index (κ2) is 5.58. The topological polar surface area (TPSA) is 27.7 Å². The zero-order valence-electron chi connectivity index (χ0n) is 8.79. The van der Waals surface area contributed by atoms with Gasteiger partial charge in [-0.2, -0.15) is 0 Å². The number of rotatable bonds is 7. The monoisotopic (exact) mass is 188 g/mol. The van der Waals surface area contributed by atoms with E-state index in [1.165, 1.54) is 12.8 Å². The molecule has 2 atom stereocenters. The molecule has 0 bridgehead atoms. The van der Waals surface area contributed by atoms with Crippen molar-refractivity contribution in [3.8, 4) is 0 Å². The van der Waals surface area contributed by atoms with Gasteiger partial charge in [0.25, 0.3) is 0 Å². The van der Waals surface area contributed by atoms with Gasteiger partial charge in [0.15, 0.2) is 0 Å². The van der Waals surface area contributed by atoms with Gasteiger partial charge in [-0.05, 0) is 26.7 Å². The lowest BCUT2D eigenvalue weighted by Gasteiger charge is -2.16. The lowest BCUT2D eigenvalue weighted by molar-refractivity contribution is -0.0493. The third-order valence-corrected chi connectivity index (χ3v) is 2.11. The molecule has 0 spiro atoms. The van der Waals surface area contributed by atoms with E-state index < -0.39 is 0 Å². The molecule has 0 N–H and O–H groups in total. The Hall–Kier alpha value is -0.120. The summed E-state index contributed by atoms with van der Waals surface area (Å²) in [6.45, 7) is 5.38. The van der Waals surface area contributed by atoms with Crippen LogP contribution in [0.3, 0.4) is 0 Å². The van der Waals surface area contributed by atoms with Gasteiger partial charge >= 0.3 is 0 Å². The highest BCUT2D eigenvalue weighted by molar-refractivity contribution is 4.73. The molecule has 2 unspecified atom stereocenters. The highest BCUT2D eigenvalue weighted by Crippen LogP contribution is 2.23. The number of hydrogen-bond acceptors (Lipinski definition) is 3. The molecule has 1 aliphatic rings. The van der Waals surface area contributed by atoms with Gasteiger partial charge < -0.3 is 14.2 Å². The first kappa shape index (κ1) is 11.0. The van der Waals surface area contributed by atoms with Crippen molar-refractivity contribution in [1.82, 2.24) is 0 Å². The van der Waals surface area contributed by atoms with Crippen LogP contribution in [-0.2, 0) is 14.2 Å². The van der Waals surface area contributed by atoms with Gasteiger partial charge in [0, 0.05) is 7.11 Å². The summed E-state index contributed by atoms with van der Waals surface area (Å²) >= 11 is 0. The summed E-state index contributed by atoms with van der Waals surface area (Å²) in [4.78, 5) is 0. The third kappa shape index (κ3) is 5.24. The lowest BCUT2D eigenvalue weighted by atomic mass is 10.4. The first-order chi connectivity index (χ1) is 6.22. The summed E-state index contributed by atoms with van der Waals surface area (Å²) in [6, 6.07) is 0. The quantitative estimate of drug-likeness (QED) is 0.607. The van der Waals surface area contributed by atoms with Crippen molar-refractivity contribution < 1.29 is 14.2 Å². The van der Waals surface area contributed by atoms with E-state index >= 15 is 0 Å². The first-order valence-electron chi connectivity index (χ1n) is 4.98. The van der Waals surface area contributed by atoms with E-state index in [9.17, 15) is 0 Å². The van der Waals surface area contributed by atoms with Crippen LogP contribution in [0.25, 0.3) is 0 Å². The Morgan fingerprint density at radius 1 is 1.15 bits per heavy atom. The maximum Gasteiger partial charge on any atom is 0.0781 e. The molecule has 78 valence electrons. The summed E-state index contributed by atoms with van der Waals surface area (Å²) in [5.41, 5.74) is 0. The SMILES string of the molecule is COC(C)COC(C)COC1CC1. The maximum absolute atomic E-state index is 5.52. The molecule has 3 heteroatoms. The molecule has 1 saturated carbocycles. The van der Waals surface area contributed by atoms with Gasteiger partial charge in [0.1, 0.15) is 0 Å². The second-order valence-corrected chi connectivity index (χ2v) is 3.72. The Balaban J connectivity index is 1.92. The molecular formula is C10H20O3. The predicted molar refractivity (Wildman–Crippen MR) is 50.9 cm³/mol. The van der Waals surface area contributed by atoms with Crippen LogP contribution in [0.5, 0.6) is 0 Å². The molecule has 0 saturated heterocycles. The van der Waals surface area contributed by atoms with Gasteiger partial charge in [0.2, 0.25) is 0 Å². The summed E-state index contributed by atoms with van der Waals surface area (Å²) in [5, 5.41) is 0. The first-order valence-corrected chi connectivity index (χ1v) is 4.98. The van der Waals surface area contributed by atoms with E-state index in [1.54, 1.807) is 7.11 Å². The molecular weight excluding hydrogens is 168 g/mol. The number of ether oxygens (including phenoxy) is 3. The molecule has 1 aliphatic carbocycles. The van der Waals surface area contributed by atoms with Gasteiger partial charge in [-0.15, -0.1) is 0 Å². The molecule has 0 aromatic carbocycles. The summed E-state index contributed by atoms with van der Waals surface area (Å²) < 4.78 is 16.1. The standard InChI is InChI=1S/C10H20O3/c1-8(11-3)6-12-9(2)7-13-10-4-5-10/h8-10H,4-7H2,1-3H3. The molecule has 0 aromatic heterocycles.